The van der Waals surface area contributed by atoms with Crippen LogP contribution in [0.2, 0.25) is 0 Å². The molecule has 0 atom stereocenters. The molecule has 0 saturated carbocycles. The van der Waals surface area contributed by atoms with E-state index in [4.69, 9.17) is 9.47 Å². The summed E-state index contributed by atoms with van der Waals surface area (Å²) in [5.41, 5.74) is 1.73. The molecule has 1 amide bonds. The van der Waals surface area contributed by atoms with Crippen molar-refractivity contribution in [3.05, 3.63) is 64.2 Å². The Labute approximate surface area is 167 Å². The Balaban J connectivity index is 1.91. The molecule has 0 fully saturated rings. The van der Waals surface area contributed by atoms with Gasteiger partial charge >= 0.3 is 5.97 Å². The molecular formula is C20H21N3O6. The van der Waals surface area contributed by atoms with Gasteiger partial charge < -0.3 is 20.1 Å². The Morgan fingerprint density at radius 3 is 2.52 bits per heavy atom. The number of nitro groups is 1. The Hall–Kier alpha value is -3.88. The number of amides is 1. The predicted octanol–water partition coefficient (Wildman–Crippen LogP) is 3.23. The lowest BCUT2D eigenvalue weighted by molar-refractivity contribution is -0.384. The maximum atomic E-state index is 12.2. The molecule has 0 aromatic heterocycles. The van der Waals surface area contributed by atoms with Crippen molar-refractivity contribution in [2.24, 2.45) is 0 Å². The zero-order valence-electron chi connectivity index (χ0n) is 16.0. The van der Waals surface area contributed by atoms with Crippen molar-refractivity contribution in [2.75, 3.05) is 30.9 Å². The van der Waals surface area contributed by atoms with Crippen LogP contribution in [0.3, 0.4) is 0 Å². The molecule has 0 unspecified atom stereocenters. The maximum absolute atomic E-state index is 12.2. The number of hydrogen-bond acceptors (Lipinski definition) is 7. The van der Waals surface area contributed by atoms with Crippen molar-refractivity contribution in [2.45, 2.75) is 6.92 Å². The number of methoxy groups -OCH3 is 1. The van der Waals surface area contributed by atoms with E-state index in [1.165, 1.54) is 31.4 Å². The number of nitro benzene ring substituents is 1. The lowest BCUT2D eigenvalue weighted by atomic mass is 10.2. The van der Waals surface area contributed by atoms with E-state index in [1.807, 2.05) is 0 Å². The largest absolute Gasteiger partial charge is 0.494 e. The number of esters is 1. The van der Waals surface area contributed by atoms with Crippen LogP contribution in [0.5, 0.6) is 5.75 Å². The van der Waals surface area contributed by atoms with Crippen molar-refractivity contribution in [3.8, 4) is 5.75 Å². The predicted molar refractivity (Wildman–Crippen MR) is 109 cm³/mol. The fourth-order valence-electron chi connectivity index (χ4n) is 2.34. The molecule has 2 N–H and O–H groups in total. The van der Waals surface area contributed by atoms with Crippen molar-refractivity contribution < 1.29 is 24.0 Å². The third-order valence-corrected chi connectivity index (χ3v) is 3.73. The van der Waals surface area contributed by atoms with Gasteiger partial charge in [0.1, 0.15) is 5.75 Å². The van der Waals surface area contributed by atoms with Gasteiger partial charge in [-0.1, -0.05) is 12.1 Å². The highest BCUT2D eigenvalue weighted by atomic mass is 16.6. The monoisotopic (exact) mass is 399 g/mol. The van der Waals surface area contributed by atoms with Gasteiger partial charge in [-0.15, -0.1) is 0 Å². The Kier molecular flexibility index (Phi) is 7.72. The van der Waals surface area contributed by atoms with Gasteiger partial charge in [-0.3, -0.25) is 14.9 Å². The molecule has 0 aliphatic heterocycles. The molecule has 0 saturated heterocycles. The normalized spacial score (nSPS) is 10.4. The average molecular weight is 399 g/mol. The van der Waals surface area contributed by atoms with Crippen LogP contribution < -0.4 is 15.4 Å². The molecule has 9 heteroatoms. The van der Waals surface area contributed by atoms with Crippen LogP contribution in [0, 0.1) is 10.1 Å². The summed E-state index contributed by atoms with van der Waals surface area (Å²) in [6.45, 7) is 2.04. The summed E-state index contributed by atoms with van der Waals surface area (Å²) in [7, 11) is 1.37. The lowest BCUT2D eigenvalue weighted by Gasteiger charge is -2.11. The first-order chi connectivity index (χ1) is 13.9. The van der Waals surface area contributed by atoms with Gasteiger partial charge in [-0.2, -0.15) is 0 Å². The molecule has 0 aliphatic carbocycles. The highest BCUT2D eigenvalue weighted by Gasteiger charge is 2.13. The van der Waals surface area contributed by atoms with Crippen LogP contribution in [-0.2, 0) is 14.3 Å². The quantitative estimate of drug-likeness (QED) is 0.287. The van der Waals surface area contributed by atoms with Crippen LogP contribution in [0.1, 0.15) is 12.5 Å². The summed E-state index contributed by atoms with van der Waals surface area (Å²) in [5, 5.41) is 16.4. The second kappa shape index (κ2) is 10.5. The SMILES string of the molecule is CCOC(=O)/C=C/c1ccc(NCC(=O)Nc2ccc([N+](=O)[O-])cc2OC)cc1. The van der Waals surface area contributed by atoms with E-state index in [9.17, 15) is 19.7 Å². The Morgan fingerprint density at radius 1 is 1.17 bits per heavy atom. The van der Waals surface area contributed by atoms with Crippen LogP contribution >= 0.6 is 0 Å². The summed E-state index contributed by atoms with van der Waals surface area (Å²) >= 11 is 0. The molecule has 0 radical (unpaired) electrons. The zero-order valence-corrected chi connectivity index (χ0v) is 16.0. The smallest absolute Gasteiger partial charge is 0.330 e. The number of hydrogen-bond donors (Lipinski definition) is 2. The zero-order chi connectivity index (χ0) is 21.2. The standard InChI is InChI=1S/C20H21N3O6/c1-3-29-20(25)11-6-14-4-7-15(8-5-14)21-13-19(24)22-17-10-9-16(23(26)27)12-18(17)28-2/h4-12,21H,3,13H2,1-2H3,(H,22,24)/b11-6+. The average Bonchev–Trinajstić information content (AvgIpc) is 2.71. The summed E-state index contributed by atoms with van der Waals surface area (Å²) in [4.78, 5) is 33.7. The van der Waals surface area contributed by atoms with Gasteiger partial charge in [0.15, 0.2) is 0 Å². The number of benzene rings is 2. The highest BCUT2D eigenvalue weighted by molar-refractivity contribution is 5.95. The topological polar surface area (TPSA) is 120 Å². The summed E-state index contributed by atoms with van der Waals surface area (Å²) in [6.07, 6.45) is 2.98. The van der Waals surface area contributed by atoms with Gasteiger partial charge in [0, 0.05) is 17.8 Å². The number of nitrogens with one attached hydrogen (secondary N) is 2. The number of carbonyl (C=O) groups excluding carboxylic acids is 2. The van der Waals surface area contributed by atoms with Crippen LogP contribution in [0.4, 0.5) is 17.1 Å². The van der Waals surface area contributed by atoms with Gasteiger partial charge in [-0.05, 0) is 36.8 Å². The number of nitrogens with zero attached hydrogens (tertiary/aromatic N) is 1. The number of carbonyl (C=O) groups is 2. The van der Waals surface area contributed by atoms with Gasteiger partial charge in [0.05, 0.1) is 36.9 Å². The lowest BCUT2D eigenvalue weighted by Crippen LogP contribution is -2.22. The van der Waals surface area contributed by atoms with E-state index in [2.05, 4.69) is 10.6 Å². The number of rotatable bonds is 9. The first-order valence-electron chi connectivity index (χ1n) is 8.74. The second-order valence-corrected chi connectivity index (χ2v) is 5.75. The first-order valence-corrected chi connectivity index (χ1v) is 8.74. The summed E-state index contributed by atoms with van der Waals surface area (Å²) < 4.78 is 9.90. The van der Waals surface area contributed by atoms with Crippen LogP contribution in [0.25, 0.3) is 6.08 Å². The number of ether oxygens (including phenoxy) is 2. The minimum Gasteiger partial charge on any atom is -0.494 e. The molecule has 0 aliphatic rings. The Bertz CT molecular complexity index is 909. The summed E-state index contributed by atoms with van der Waals surface area (Å²) in [5.74, 6) is -0.554. The van der Waals surface area contributed by atoms with Crippen molar-refractivity contribution in [1.82, 2.24) is 0 Å². The summed E-state index contributed by atoms with van der Waals surface area (Å²) in [6, 6.07) is 11.1. The molecule has 152 valence electrons. The van der Waals surface area contributed by atoms with Crippen molar-refractivity contribution in [1.29, 1.82) is 0 Å². The number of non-ortho nitro benzene ring substituents is 1. The second-order valence-electron chi connectivity index (χ2n) is 5.75. The van der Waals surface area contributed by atoms with E-state index < -0.39 is 10.9 Å². The van der Waals surface area contributed by atoms with E-state index in [-0.39, 0.29) is 23.9 Å². The fraction of sp³-hybridized carbons (Fsp3) is 0.200. The molecule has 0 bridgehead atoms. The minimum atomic E-state index is -0.540. The molecule has 29 heavy (non-hydrogen) atoms. The fourth-order valence-corrected chi connectivity index (χ4v) is 2.34. The minimum absolute atomic E-state index is 0.0157. The molecule has 2 aromatic rings. The van der Waals surface area contributed by atoms with E-state index in [0.29, 0.717) is 18.0 Å². The van der Waals surface area contributed by atoms with Crippen LogP contribution in [-0.4, -0.2) is 37.1 Å². The van der Waals surface area contributed by atoms with Crippen LogP contribution in [0.15, 0.2) is 48.5 Å². The molecule has 0 spiro atoms. The van der Waals surface area contributed by atoms with Gasteiger partial charge in [0.25, 0.3) is 5.69 Å². The molecule has 9 nitrogen and oxygen atoms in total. The van der Waals surface area contributed by atoms with Crippen molar-refractivity contribution >= 4 is 35.0 Å². The van der Waals surface area contributed by atoms with E-state index in [0.717, 1.165) is 5.56 Å². The molecular weight excluding hydrogens is 378 g/mol. The molecule has 2 rings (SSSR count). The molecule has 2 aromatic carbocycles. The highest BCUT2D eigenvalue weighted by Crippen LogP contribution is 2.28. The van der Waals surface area contributed by atoms with Gasteiger partial charge in [0.2, 0.25) is 5.91 Å². The number of anilines is 2. The first kappa shape index (κ1) is 21.4. The Morgan fingerprint density at radius 2 is 1.90 bits per heavy atom. The third-order valence-electron chi connectivity index (χ3n) is 3.73. The van der Waals surface area contributed by atoms with E-state index >= 15 is 0 Å². The van der Waals surface area contributed by atoms with Crippen molar-refractivity contribution in [3.63, 3.8) is 0 Å². The van der Waals surface area contributed by atoms with Gasteiger partial charge in [-0.25, -0.2) is 4.79 Å². The molecule has 0 heterocycles. The third kappa shape index (κ3) is 6.65. The van der Waals surface area contributed by atoms with E-state index in [1.54, 1.807) is 37.3 Å². The maximum Gasteiger partial charge on any atom is 0.330 e.